The summed E-state index contributed by atoms with van der Waals surface area (Å²) in [5, 5.41) is 7.90. The molecule has 2 heterocycles. The number of anilines is 2. The van der Waals surface area contributed by atoms with Crippen molar-refractivity contribution in [3.8, 4) is 0 Å². The van der Waals surface area contributed by atoms with Gasteiger partial charge in [-0.1, -0.05) is 0 Å². The molecule has 2 rings (SSSR count). The molecule has 102 valence electrons. The van der Waals surface area contributed by atoms with E-state index in [1.165, 1.54) is 7.11 Å². The van der Waals surface area contributed by atoms with Crippen LogP contribution in [0.4, 0.5) is 10.8 Å². The number of hydrogen-bond donors (Lipinski definition) is 2. The second kappa shape index (κ2) is 5.27. The number of carbonyl (C=O) groups excluding carboxylic acids is 1. The van der Waals surface area contributed by atoms with Crippen LogP contribution in [0.3, 0.4) is 0 Å². The van der Waals surface area contributed by atoms with Gasteiger partial charge in [-0.2, -0.15) is 9.47 Å². The van der Waals surface area contributed by atoms with E-state index in [9.17, 15) is 4.79 Å². The minimum absolute atomic E-state index is 0.183. The summed E-state index contributed by atoms with van der Waals surface area (Å²) in [6.07, 6.45) is 1.78. The smallest absolute Gasteiger partial charge is 0.344 e. The number of nitrogens with zero attached hydrogens (tertiary/aromatic N) is 3. The Labute approximate surface area is 114 Å². The van der Waals surface area contributed by atoms with Crippen molar-refractivity contribution in [2.75, 3.05) is 18.2 Å². The second-order valence-electron chi connectivity index (χ2n) is 4.00. The van der Waals surface area contributed by atoms with Crippen LogP contribution in [0.25, 0.3) is 0 Å². The summed E-state index contributed by atoms with van der Waals surface area (Å²) in [7, 11) is 3.19. The normalized spacial score (nSPS) is 10.5. The molecule has 3 N–H and O–H groups in total. The van der Waals surface area contributed by atoms with Crippen molar-refractivity contribution in [2.45, 2.75) is 13.5 Å². The Morgan fingerprint density at radius 1 is 1.63 bits per heavy atom. The molecule has 0 unspecified atom stereocenters. The molecule has 19 heavy (non-hydrogen) atoms. The Hall–Kier alpha value is -2.09. The number of carbonyl (C=O) groups is 1. The van der Waals surface area contributed by atoms with Crippen LogP contribution in [-0.2, 0) is 18.3 Å². The van der Waals surface area contributed by atoms with Gasteiger partial charge in [-0.15, -0.1) is 0 Å². The molecular weight excluding hydrogens is 266 g/mol. The predicted molar refractivity (Wildman–Crippen MR) is 73.1 cm³/mol. The highest BCUT2D eigenvalue weighted by molar-refractivity contribution is 7.11. The molecule has 0 atom stereocenters. The highest BCUT2D eigenvalue weighted by Gasteiger charge is 2.20. The van der Waals surface area contributed by atoms with E-state index in [1.54, 1.807) is 10.9 Å². The third kappa shape index (κ3) is 2.53. The van der Waals surface area contributed by atoms with Gasteiger partial charge in [-0.25, -0.2) is 4.79 Å². The van der Waals surface area contributed by atoms with E-state index in [-0.39, 0.29) is 11.4 Å². The second-order valence-corrected chi connectivity index (χ2v) is 4.77. The van der Waals surface area contributed by atoms with Gasteiger partial charge >= 0.3 is 5.97 Å². The zero-order valence-corrected chi connectivity index (χ0v) is 11.7. The van der Waals surface area contributed by atoms with Gasteiger partial charge in [0.05, 0.1) is 13.3 Å². The SMILES string of the molecule is COC(=O)c1c(N)nsc1NCc1cnn(C)c1C. The van der Waals surface area contributed by atoms with Gasteiger partial charge in [-0.3, -0.25) is 4.68 Å². The van der Waals surface area contributed by atoms with Crippen molar-refractivity contribution >= 4 is 28.3 Å². The molecule has 0 aliphatic heterocycles. The van der Waals surface area contributed by atoms with Crippen molar-refractivity contribution in [2.24, 2.45) is 7.05 Å². The number of aromatic nitrogens is 3. The first-order valence-corrected chi connectivity index (χ1v) is 6.36. The molecule has 0 aliphatic rings. The molecule has 0 amide bonds. The first-order chi connectivity index (χ1) is 9.04. The molecule has 7 nitrogen and oxygen atoms in total. The van der Waals surface area contributed by atoms with Gasteiger partial charge < -0.3 is 15.8 Å². The maximum Gasteiger partial charge on any atom is 0.344 e. The fourth-order valence-electron chi connectivity index (χ4n) is 1.62. The molecule has 0 bridgehead atoms. The highest BCUT2D eigenvalue weighted by Crippen LogP contribution is 2.28. The monoisotopic (exact) mass is 281 g/mol. The molecule has 0 saturated carbocycles. The summed E-state index contributed by atoms with van der Waals surface area (Å²) in [4.78, 5) is 11.6. The Morgan fingerprint density at radius 2 is 2.37 bits per heavy atom. The van der Waals surface area contributed by atoms with Crippen LogP contribution < -0.4 is 11.1 Å². The van der Waals surface area contributed by atoms with Crippen molar-refractivity contribution in [3.05, 3.63) is 23.0 Å². The summed E-state index contributed by atoms with van der Waals surface area (Å²) >= 11 is 1.14. The van der Waals surface area contributed by atoms with Crippen molar-refractivity contribution in [3.63, 3.8) is 0 Å². The van der Waals surface area contributed by atoms with E-state index < -0.39 is 5.97 Å². The maximum absolute atomic E-state index is 11.6. The summed E-state index contributed by atoms with van der Waals surface area (Å²) in [5.41, 5.74) is 8.06. The molecule has 2 aromatic rings. The average molecular weight is 281 g/mol. The minimum atomic E-state index is -0.489. The number of nitrogen functional groups attached to an aromatic ring is 1. The van der Waals surface area contributed by atoms with Gasteiger partial charge in [0.1, 0.15) is 10.6 Å². The van der Waals surface area contributed by atoms with Gasteiger partial charge in [-0.05, 0) is 18.5 Å². The highest BCUT2D eigenvalue weighted by atomic mass is 32.1. The lowest BCUT2D eigenvalue weighted by atomic mass is 10.2. The molecule has 0 saturated heterocycles. The molecular formula is C11H15N5O2S. The average Bonchev–Trinajstić information content (AvgIpc) is 2.92. The Bertz CT molecular complexity index is 604. The quantitative estimate of drug-likeness (QED) is 0.817. The topological polar surface area (TPSA) is 95.1 Å². The van der Waals surface area contributed by atoms with Crippen LogP contribution in [0.1, 0.15) is 21.6 Å². The lowest BCUT2D eigenvalue weighted by molar-refractivity contribution is 0.0603. The number of aryl methyl sites for hydroxylation is 1. The number of nitrogens with two attached hydrogens (primary N) is 1. The van der Waals surface area contributed by atoms with Crippen LogP contribution in [-0.4, -0.2) is 27.2 Å². The summed E-state index contributed by atoms with van der Waals surface area (Å²) in [6, 6.07) is 0. The van der Waals surface area contributed by atoms with Crippen LogP contribution in [0.5, 0.6) is 0 Å². The molecule has 2 aromatic heterocycles. The van der Waals surface area contributed by atoms with Crippen molar-refractivity contribution < 1.29 is 9.53 Å². The molecule has 8 heteroatoms. The van der Waals surface area contributed by atoms with E-state index >= 15 is 0 Å². The number of ether oxygens (including phenoxy) is 1. The largest absolute Gasteiger partial charge is 0.465 e. The molecule has 0 aliphatic carbocycles. The number of rotatable bonds is 4. The maximum atomic E-state index is 11.6. The van der Waals surface area contributed by atoms with Crippen molar-refractivity contribution in [1.29, 1.82) is 0 Å². The summed E-state index contributed by atoms with van der Waals surface area (Å²) in [5.74, 6) is -0.307. The Kier molecular flexibility index (Phi) is 3.70. The predicted octanol–water partition coefficient (Wildman–Crippen LogP) is 1.17. The van der Waals surface area contributed by atoms with Crippen LogP contribution in [0.15, 0.2) is 6.20 Å². The van der Waals surface area contributed by atoms with E-state index in [4.69, 9.17) is 5.73 Å². The third-order valence-electron chi connectivity index (χ3n) is 2.88. The summed E-state index contributed by atoms with van der Waals surface area (Å²) in [6.45, 7) is 2.53. The van der Waals surface area contributed by atoms with E-state index in [2.05, 4.69) is 19.5 Å². The standard InChI is InChI=1S/C11H15N5O2S/c1-6-7(5-14-16(6)2)4-13-10-8(11(17)18-3)9(12)15-19-10/h5,13H,4H2,1-3H3,(H2,12,15). The van der Waals surface area contributed by atoms with E-state index in [0.29, 0.717) is 11.5 Å². The minimum Gasteiger partial charge on any atom is -0.465 e. The van der Waals surface area contributed by atoms with E-state index in [0.717, 1.165) is 22.8 Å². The third-order valence-corrected chi connectivity index (χ3v) is 3.70. The van der Waals surface area contributed by atoms with E-state index in [1.807, 2.05) is 14.0 Å². The number of hydrogen-bond acceptors (Lipinski definition) is 7. The number of methoxy groups -OCH3 is 1. The lowest BCUT2D eigenvalue weighted by Crippen LogP contribution is -2.08. The zero-order valence-electron chi connectivity index (χ0n) is 10.9. The number of esters is 1. The fraction of sp³-hybridized carbons (Fsp3) is 0.364. The molecule has 0 aromatic carbocycles. The Morgan fingerprint density at radius 3 is 2.95 bits per heavy atom. The van der Waals surface area contributed by atoms with Gasteiger partial charge in [0, 0.05) is 24.8 Å². The molecule has 0 radical (unpaired) electrons. The van der Waals surface area contributed by atoms with Gasteiger partial charge in [0.2, 0.25) is 0 Å². The van der Waals surface area contributed by atoms with Gasteiger partial charge in [0.15, 0.2) is 5.82 Å². The van der Waals surface area contributed by atoms with Crippen LogP contribution >= 0.6 is 11.5 Å². The first-order valence-electron chi connectivity index (χ1n) is 5.59. The zero-order chi connectivity index (χ0) is 14.0. The number of nitrogens with one attached hydrogen (secondary N) is 1. The summed E-state index contributed by atoms with van der Waals surface area (Å²) < 4.78 is 10.4. The van der Waals surface area contributed by atoms with Gasteiger partial charge in [0.25, 0.3) is 0 Å². The fourth-order valence-corrected chi connectivity index (χ4v) is 2.31. The molecule has 0 spiro atoms. The first kappa shape index (κ1) is 13.3. The van der Waals surface area contributed by atoms with Crippen molar-refractivity contribution in [1.82, 2.24) is 14.2 Å². The van der Waals surface area contributed by atoms with Crippen LogP contribution in [0.2, 0.25) is 0 Å². The van der Waals surface area contributed by atoms with Crippen LogP contribution in [0, 0.1) is 6.92 Å². The lowest BCUT2D eigenvalue weighted by Gasteiger charge is -2.05. The molecule has 0 fully saturated rings. The Balaban J connectivity index is 2.16.